The highest BCUT2D eigenvalue weighted by atomic mass is 16.7. The molecule has 0 aliphatic rings. The van der Waals surface area contributed by atoms with Crippen molar-refractivity contribution in [2.75, 3.05) is 19.0 Å². The van der Waals surface area contributed by atoms with E-state index in [1.165, 1.54) is 24.3 Å². The first-order valence-corrected chi connectivity index (χ1v) is 13.1. The molecule has 232 valence electrons. The van der Waals surface area contributed by atoms with Gasteiger partial charge in [-0.2, -0.15) is 0 Å². The van der Waals surface area contributed by atoms with Crippen molar-refractivity contribution in [2.45, 2.75) is 45.4 Å². The number of nitro benzene ring substituents is 1. The van der Waals surface area contributed by atoms with E-state index in [0.717, 1.165) is 7.11 Å². The maximum Gasteiger partial charge on any atom is 0.514 e. The zero-order valence-electron chi connectivity index (χ0n) is 23.8. The Morgan fingerprint density at radius 1 is 0.953 bits per heavy atom. The highest BCUT2D eigenvalue weighted by Gasteiger charge is 2.29. The molecule has 0 bridgehead atoms. The van der Waals surface area contributed by atoms with Crippen molar-refractivity contribution in [3.63, 3.8) is 0 Å². The van der Waals surface area contributed by atoms with Gasteiger partial charge in [-0.05, 0) is 48.6 Å². The Labute approximate surface area is 246 Å². The number of primary amides is 1. The predicted octanol–water partition coefficient (Wildman–Crippen LogP) is 2.56. The number of rotatable bonds is 14. The van der Waals surface area contributed by atoms with Gasteiger partial charge in [-0.3, -0.25) is 19.7 Å². The first kappa shape index (κ1) is 33.8. The maximum atomic E-state index is 13.1. The van der Waals surface area contributed by atoms with Crippen molar-refractivity contribution in [3.05, 3.63) is 64.2 Å². The predicted molar refractivity (Wildman–Crippen MR) is 152 cm³/mol. The molecule has 2 aromatic carbocycles. The molecular weight excluding hydrogens is 568 g/mol. The summed E-state index contributed by atoms with van der Waals surface area (Å²) in [7, 11) is 1.16. The molecule has 0 saturated heterocycles. The Kier molecular flexibility index (Phi) is 13.2. The van der Waals surface area contributed by atoms with Gasteiger partial charge in [-0.15, -0.1) is 0 Å². The van der Waals surface area contributed by atoms with Gasteiger partial charge >= 0.3 is 18.3 Å². The lowest BCUT2D eigenvalue weighted by Crippen LogP contribution is -2.54. The Balaban J connectivity index is 1.98. The molecule has 16 nitrogen and oxygen atoms in total. The van der Waals surface area contributed by atoms with E-state index in [0.29, 0.717) is 17.7 Å². The van der Waals surface area contributed by atoms with Crippen LogP contribution in [-0.2, 0) is 25.7 Å². The van der Waals surface area contributed by atoms with Gasteiger partial charge in [0, 0.05) is 24.4 Å². The number of hydrogen-bond acceptors (Lipinski definition) is 10. The van der Waals surface area contributed by atoms with Gasteiger partial charge in [-0.25, -0.2) is 14.4 Å². The molecule has 5 amide bonds. The van der Waals surface area contributed by atoms with Crippen LogP contribution >= 0.6 is 0 Å². The molecule has 16 heteroatoms. The molecule has 2 atom stereocenters. The number of benzene rings is 2. The largest absolute Gasteiger partial charge is 0.514 e. The number of carbonyl (C=O) groups excluding carboxylic acids is 5. The van der Waals surface area contributed by atoms with E-state index in [9.17, 15) is 34.1 Å². The SMILES string of the molecule is COC(=O)NC(C(=O)NC(CCCNC(N)=O)C(=O)Nc1ccc(COC(=O)Oc2ccc([N+](=O)[O-])cc2)cc1)C(C)C. The van der Waals surface area contributed by atoms with E-state index in [1.54, 1.807) is 38.1 Å². The Morgan fingerprint density at radius 2 is 1.60 bits per heavy atom. The second-order valence-corrected chi connectivity index (χ2v) is 9.43. The van der Waals surface area contributed by atoms with Crippen molar-refractivity contribution in [1.29, 1.82) is 0 Å². The summed E-state index contributed by atoms with van der Waals surface area (Å²) in [6, 6.07) is 8.47. The minimum Gasteiger partial charge on any atom is -0.453 e. The quantitative estimate of drug-likeness (QED) is 0.0697. The molecule has 0 aliphatic carbocycles. The molecule has 0 spiro atoms. The van der Waals surface area contributed by atoms with E-state index in [4.69, 9.17) is 15.2 Å². The summed E-state index contributed by atoms with van der Waals surface area (Å²) in [5, 5.41) is 20.9. The summed E-state index contributed by atoms with van der Waals surface area (Å²) in [6.45, 7) is 3.44. The molecule has 0 heterocycles. The van der Waals surface area contributed by atoms with Crippen molar-refractivity contribution in [3.8, 4) is 5.75 Å². The van der Waals surface area contributed by atoms with Gasteiger partial charge in [0.1, 0.15) is 24.4 Å². The van der Waals surface area contributed by atoms with Gasteiger partial charge < -0.3 is 41.2 Å². The molecule has 6 N–H and O–H groups in total. The van der Waals surface area contributed by atoms with Crippen LogP contribution < -0.4 is 31.7 Å². The average Bonchev–Trinajstić information content (AvgIpc) is 2.96. The zero-order chi connectivity index (χ0) is 31.9. The van der Waals surface area contributed by atoms with Crippen LogP contribution in [0.3, 0.4) is 0 Å². The molecular formula is C27H34N6O10. The van der Waals surface area contributed by atoms with Gasteiger partial charge in [0.15, 0.2) is 0 Å². The number of ether oxygens (including phenoxy) is 3. The summed E-state index contributed by atoms with van der Waals surface area (Å²) in [6.07, 6.45) is -1.37. The first-order valence-electron chi connectivity index (χ1n) is 13.1. The smallest absolute Gasteiger partial charge is 0.453 e. The molecule has 43 heavy (non-hydrogen) atoms. The van der Waals surface area contributed by atoms with E-state index in [1.807, 2.05) is 0 Å². The summed E-state index contributed by atoms with van der Waals surface area (Å²) in [5.41, 5.74) is 5.87. The summed E-state index contributed by atoms with van der Waals surface area (Å²) < 4.78 is 14.6. The molecule has 2 aromatic rings. The number of carbonyl (C=O) groups is 5. The van der Waals surface area contributed by atoms with Crippen LogP contribution in [0, 0.1) is 16.0 Å². The van der Waals surface area contributed by atoms with E-state index in [2.05, 4.69) is 26.0 Å². The summed E-state index contributed by atoms with van der Waals surface area (Å²) in [5.74, 6) is -1.40. The molecule has 0 radical (unpaired) electrons. The number of nitrogens with zero attached hydrogens (tertiary/aromatic N) is 1. The fourth-order valence-electron chi connectivity index (χ4n) is 3.59. The van der Waals surface area contributed by atoms with Gasteiger partial charge in [0.25, 0.3) is 5.69 Å². The van der Waals surface area contributed by atoms with Crippen LogP contribution in [0.2, 0.25) is 0 Å². The molecule has 0 aromatic heterocycles. The first-order chi connectivity index (χ1) is 20.4. The summed E-state index contributed by atoms with van der Waals surface area (Å²) in [4.78, 5) is 70.8. The minimum atomic E-state index is -1.03. The van der Waals surface area contributed by atoms with Crippen molar-refractivity contribution < 1.29 is 43.1 Å². The fraction of sp³-hybridized carbons (Fsp3) is 0.370. The normalized spacial score (nSPS) is 11.8. The highest BCUT2D eigenvalue weighted by molar-refractivity contribution is 5.98. The lowest BCUT2D eigenvalue weighted by molar-refractivity contribution is -0.384. The summed E-state index contributed by atoms with van der Waals surface area (Å²) >= 11 is 0. The molecule has 0 fully saturated rings. The number of urea groups is 1. The van der Waals surface area contributed by atoms with E-state index >= 15 is 0 Å². The van der Waals surface area contributed by atoms with Crippen LogP contribution in [0.15, 0.2) is 48.5 Å². The molecule has 0 aliphatic heterocycles. The van der Waals surface area contributed by atoms with Crippen LogP contribution in [0.25, 0.3) is 0 Å². The molecule has 2 rings (SSSR count). The van der Waals surface area contributed by atoms with Crippen molar-refractivity contribution >= 4 is 41.5 Å². The Bertz CT molecular complexity index is 1280. The third-order valence-electron chi connectivity index (χ3n) is 5.84. The van der Waals surface area contributed by atoms with Crippen LogP contribution in [-0.4, -0.2) is 60.8 Å². The number of anilines is 1. The number of hydrogen-bond donors (Lipinski definition) is 5. The number of amides is 5. The topological polar surface area (TPSA) is 230 Å². The number of alkyl carbamates (subject to hydrolysis) is 1. The third-order valence-corrected chi connectivity index (χ3v) is 5.84. The zero-order valence-corrected chi connectivity index (χ0v) is 23.8. The van der Waals surface area contributed by atoms with Gasteiger partial charge in [-0.1, -0.05) is 26.0 Å². The molecule has 2 unspecified atom stereocenters. The monoisotopic (exact) mass is 602 g/mol. The fourth-order valence-corrected chi connectivity index (χ4v) is 3.59. The van der Waals surface area contributed by atoms with Crippen molar-refractivity contribution in [1.82, 2.24) is 16.0 Å². The van der Waals surface area contributed by atoms with Crippen LogP contribution in [0.4, 0.5) is 25.8 Å². The lowest BCUT2D eigenvalue weighted by Gasteiger charge is -2.25. The molecule has 0 saturated carbocycles. The maximum absolute atomic E-state index is 13.1. The van der Waals surface area contributed by atoms with Crippen LogP contribution in [0.1, 0.15) is 32.3 Å². The van der Waals surface area contributed by atoms with Gasteiger partial charge in [0.05, 0.1) is 12.0 Å². The van der Waals surface area contributed by atoms with E-state index in [-0.39, 0.29) is 36.9 Å². The van der Waals surface area contributed by atoms with Crippen LogP contribution in [0.5, 0.6) is 5.75 Å². The van der Waals surface area contributed by atoms with Crippen molar-refractivity contribution in [2.24, 2.45) is 11.7 Å². The third kappa shape index (κ3) is 11.9. The number of nitro groups is 1. The Hall–Kier alpha value is -5.41. The van der Waals surface area contributed by atoms with Gasteiger partial charge in [0.2, 0.25) is 11.8 Å². The number of methoxy groups -OCH3 is 1. The highest BCUT2D eigenvalue weighted by Crippen LogP contribution is 2.18. The standard InChI is InChI=1S/C27H34N6O10/c1-16(2)22(32-26(37)41-3)24(35)31-21(5-4-14-29-25(28)36)23(34)30-18-8-6-17(7-9-18)15-42-27(38)43-20-12-10-19(11-13-20)33(39)40/h6-13,16,21-22H,4-5,14-15H2,1-3H3,(H,30,34)(H,31,35)(H,32,37)(H3,28,29,36). The number of nitrogens with two attached hydrogens (primary N) is 1. The number of nitrogens with one attached hydrogen (secondary N) is 4. The average molecular weight is 603 g/mol. The second-order valence-electron chi connectivity index (χ2n) is 9.43. The second kappa shape index (κ2) is 16.8. The number of non-ortho nitro benzene ring substituents is 1. The lowest BCUT2D eigenvalue weighted by atomic mass is 10.0. The Morgan fingerprint density at radius 3 is 2.16 bits per heavy atom. The van der Waals surface area contributed by atoms with E-state index < -0.39 is 47.1 Å². The minimum absolute atomic E-state index is 0.0708.